The smallest absolute Gasteiger partial charge is 0.344 e. The van der Waals surface area contributed by atoms with Crippen molar-refractivity contribution >= 4 is 29.2 Å². The molecule has 31 heavy (non-hydrogen) atoms. The second kappa shape index (κ2) is 9.20. The molecule has 164 valence electrons. The summed E-state index contributed by atoms with van der Waals surface area (Å²) in [4.78, 5) is 38.4. The highest BCUT2D eigenvalue weighted by Gasteiger charge is 2.30. The summed E-state index contributed by atoms with van der Waals surface area (Å²) in [6.07, 6.45) is 0.155. The molecule has 0 aromatic heterocycles. The molecule has 1 N–H and O–H groups in total. The van der Waals surface area contributed by atoms with Crippen LogP contribution in [-0.4, -0.2) is 37.0 Å². The van der Waals surface area contributed by atoms with Gasteiger partial charge in [-0.25, -0.2) is 4.79 Å². The number of carbonyl (C=O) groups is 3. The molecule has 2 amide bonds. The van der Waals surface area contributed by atoms with Crippen molar-refractivity contribution in [1.82, 2.24) is 0 Å². The number of hydrogen-bond acceptors (Lipinski definition) is 5. The van der Waals surface area contributed by atoms with E-state index in [2.05, 4.69) is 26.1 Å². The van der Waals surface area contributed by atoms with Gasteiger partial charge in [-0.3, -0.25) is 9.59 Å². The van der Waals surface area contributed by atoms with Crippen LogP contribution in [0.4, 0.5) is 11.4 Å². The highest BCUT2D eigenvalue weighted by molar-refractivity contribution is 6.05. The van der Waals surface area contributed by atoms with E-state index < -0.39 is 18.5 Å². The summed E-state index contributed by atoms with van der Waals surface area (Å²) in [5.74, 6) is -0.661. The number of nitrogens with zero attached hydrogens (tertiary/aromatic N) is 1. The van der Waals surface area contributed by atoms with Crippen molar-refractivity contribution in [3.05, 3.63) is 54.1 Å². The number of hydrogen-bond donors (Lipinski definition) is 1. The Hall–Kier alpha value is -3.35. The van der Waals surface area contributed by atoms with Gasteiger partial charge >= 0.3 is 5.97 Å². The molecule has 1 aliphatic rings. The van der Waals surface area contributed by atoms with Crippen molar-refractivity contribution in [2.24, 2.45) is 0 Å². The first-order chi connectivity index (χ1) is 14.6. The molecule has 1 aliphatic heterocycles. The van der Waals surface area contributed by atoms with E-state index in [9.17, 15) is 14.4 Å². The van der Waals surface area contributed by atoms with E-state index in [-0.39, 0.29) is 30.4 Å². The predicted octanol–water partition coefficient (Wildman–Crippen LogP) is 3.67. The summed E-state index contributed by atoms with van der Waals surface area (Å²) in [6.45, 7) is 7.41. The number of amides is 2. The lowest BCUT2D eigenvalue weighted by molar-refractivity contribution is -0.149. The fourth-order valence-corrected chi connectivity index (χ4v) is 3.41. The predicted molar refractivity (Wildman–Crippen MR) is 118 cm³/mol. The Kier molecular flexibility index (Phi) is 6.63. The van der Waals surface area contributed by atoms with Crippen LogP contribution in [0.15, 0.2) is 48.5 Å². The summed E-state index contributed by atoms with van der Waals surface area (Å²) in [5.41, 5.74) is 2.32. The number of ether oxygens (including phenoxy) is 2. The molecule has 3 rings (SSSR count). The normalized spacial score (nSPS) is 16.1. The summed E-state index contributed by atoms with van der Waals surface area (Å²) >= 11 is 0. The average Bonchev–Trinajstić information content (AvgIpc) is 2.84. The molecule has 0 radical (unpaired) electrons. The maximum Gasteiger partial charge on any atom is 0.344 e. The molecule has 7 heteroatoms. The van der Waals surface area contributed by atoms with Crippen LogP contribution < -0.4 is 15.0 Å². The number of esters is 1. The van der Waals surface area contributed by atoms with Crippen molar-refractivity contribution in [3.8, 4) is 5.75 Å². The van der Waals surface area contributed by atoms with Gasteiger partial charge in [-0.2, -0.15) is 0 Å². The Labute approximate surface area is 182 Å². The van der Waals surface area contributed by atoms with Gasteiger partial charge in [-0.05, 0) is 42.2 Å². The fraction of sp³-hybridized carbons (Fsp3) is 0.375. The second-order valence-corrected chi connectivity index (χ2v) is 8.61. The van der Waals surface area contributed by atoms with Crippen LogP contribution in [0.1, 0.15) is 39.7 Å². The maximum absolute atomic E-state index is 12.8. The molecule has 0 fully saturated rings. The summed E-state index contributed by atoms with van der Waals surface area (Å²) in [6, 6.07) is 14.2. The number of anilines is 2. The molecule has 0 spiro atoms. The van der Waals surface area contributed by atoms with Crippen LogP contribution in [0.25, 0.3) is 0 Å². The van der Waals surface area contributed by atoms with Crippen molar-refractivity contribution < 1.29 is 23.9 Å². The van der Waals surface area contributed by atoms with Gasteiger partial charge in [-0.1, -0.05) is 45.0 Å². The van der Waals surface area contributed by atoms with Gasteiger partial charge in [0.05, 0.1) is 11.4 Å². The minimum atomic E-state index is -0.641. The lowest BCUT2D eigenvalue weighted by Gasteiger charge is -2.27. The minimum absolute atomic E-state index is 0.0288. The van der Waals surface area contributed by atoms with E-state index in [1.165, 1.54) is 4.90 Å². The van der Waals surface area contributed by atoms with Crippen molar-refractivity contribution in [1.29, 1.82) is 0 Å². The molecule has 0 saturated carbocycles. The molecule has 7 nitrogen and oxygen atoms in total. The quantitative estimate of drug-likeness (QED) is 0.741. The van der Waals surface area contributed by atoms with Gasteiger partial charge in [0, 0.05) is 12.5 Å². The molecule has 0 bridgehead atoms. The minimum Gasteiger partial charge on any atom is -0.482 e. The lowest BCUT2D eigenvalue weighted by Crippen LogP contribution is -2.41. The van der Waals surface area contributed by atoms with E-state index >= 15 is 0 Å². The SMILES string of the molecule is C[C@@H]1CC(=O)Nc2ccccc2N1C(=O)COC(=O)COc1ccc(C(C)(C)C)cc1. The Balaban J connectivity index is 1.56. The van der Waals surface area contributed by atoms with E-state index in [1.807, 2.05) is 12.1 Å². The van der Waals surface area contributed by atoms with Gasteiger partial charge in [-0.15, -0.1) is 0 Å². The highest BCUT2D eigenvalue weighted by atomic mass is 16.6. The topological polar surface area (TPSA) is 84.9 Å². The Morgan fingerprint density at radius 2 is 1.74 bits per heavy atom. The maximum atomic E-state index is 12.8. The largest absolute Gasteiger partial charge is 0.482 e. The van der Waals surface area contributed by atoms with Crippen LogP contribution in [0.3, 0.4) is 0 Å². The van der Waals surface area contributed by atoms with E-state index in [0.717, 1.165) is 5.56 Å². The van der Waals surface area contributed by atoms with E-state index in [4.69, 9.17) is 9.47 Å². The van der Waals surface area contributed by atoms with Crippen molar-refractivity contribution in [2.45, 2.75) is 45.6 Å². The molecule has 1 atom stereocenters. The molecule has 0 aliphatic carbocycles. The first-order valence-electron chi connectivity index (χ1n) is 10.2. The van der Waals surface area contributed by atoms with Gasteiger partial charge in [0.25, 0.3) is 5.91 Å². The molecule has 2 aromatic carbocycles. The lowest BCUT2D eigenvalue weighted by atomic mass is 9.87. The molecule has 0 unspecified atom stereocenters. The molecule has 0 saturated heterocycles. The Morgan fingerprint density at radius 1 is 1.06 bits per heavy atom. The summed E-state index contributed by atoms with van der Waals surface area (Å²) in [5, 5.41) is 2.79. The zero-order valence-corrected chi connectivity index (χ0v) is 18.3. The zero-order chi connectivity index (χ0) is 22.6. The number of benzene rings is 2. The first kappa shape index (κ1) is 22.3. The second-order valence-electron chi connectivity index (χ2n) is 8.61. The summed E-state index contributed by atoms with van der Waals surface area (Å²) < 4.78 is 10.6. The Morgan fingerprint density at radius 3 is 2.42 bits per heavy atom. The van der Waals surface area contributed by atoms with Crippen molar-refractivity contribution in [3.63, 3.8) is 0 Å². The van der Waals surface area contributed by atoms with Gasteiger partial charge in [0.15, 0.2) is 13.2 Å². The number of nitrogens with one attached hydrogen (secondary N) is 1. The zero-order valence-electron chi connectivity index (χ0n) is 18.3. The van der Waals surface area contributed by atoms with Gasteiger partial charge in [0.2, 0.25) is 5.91 Å². The molecule has 2 aromatic rings. The number of rotatable bonds is 5. The third-order valence-electron chi connectivity index (χ3n) is 5.06. The molecule has 1 heterocycles. The van der Waals surface area contributed by atoms with E-state index in [0.29, 0.717) is 17.1 Å². The van der Waals surface area contributed by atoms with Gasteiger partial charge < -0.3 is 19.7 Å². The standard InChI is InChI=1S/C24H28N2O5/c1-16-13-21(27)25-19-7-5-6-8-20(19)26(16)22(28)14-31-23(29)15-30-18-11-9-17(10-12-18)24(2,3)4/h5-12,16H,13-15H2,1-4H3,(H,25,27)/t16-/m1/s1. The van der Waals surface area contributed by atoms with Crippen LogP contribution >= 0.6 is 0 Å². The first-order valence-corrected chi connectivity index (χ1v) is 10.2. The number of carbonyl (C=O) groups excluding carboxylic acids is 3. The van der Waals surface area contributed by atoms with Gasteiger partial charge in [0.1, 0.15) is 5.75 Å². The monoisotopic (exact) mass is 424 g/mol. The average molecular weight is 424 g/mol. The van der Waals surface area contributed by atoms with Crippen molar-refractivity contribution in [2.75, 3.05) is 23.4 Å². The Bertz CT molecular complexity index is 963. The van der Waals surface area contributed by atoms with Crippen LogP contribution in [-0.2, 0) is 24.5 Å². The van der Waals surface area contributed by atoms with Crippen LogP contribution in [0.5, 0.6) is 5.75 Å². The fourth-order valence-electron chi connectivity index (χ4n) is 3.41. The van der Waals surface area contributed by atoms with Crippen LogP contribution in [0.2, 0.25) is 0 Å². The van der Waals surface area contributed by atoms with E-state index in [1.54, 1.807) is 43.3 Å². The number of fused-ring (bicyclic) bond motifs is 1. The van der Waals surface area contributed by atoms with Crippen LogP contribution in [0, 0.1) is 0 Å². The third kappa shape index (κ3) is 5.63. The third-order valence-corrected chi connectivity index (χ3v) is 5.06. The molecular formula is C24H28N2O5. The summed E-state index contributed by atoms with van der Waals surface area (Å²) in [7, 11) is 0. The highest BCUT2D eigenvalue weighted by Crippen LogP contribution is 2.31. The molecular weight excluding hydrogens is 396 g/mol. The number of para-hydroxylation sites is 2.